The summed E-state index contributed by atoms with van der Waals surface area (Å²) in [5, 5.41) is 1.39. The van der Waals surface area contributed by atoms with E-state index in [1.807, 2.05) is 37.6 Å². The minimum absolute atomic E-state index is 0.120. The molecule has 0 unspecified atom stereocenters. The maximum Gasteiger partial charge on any atom is 0.251 e. The number of halogens is 1. The molecule has 2 aromatic rings. The van der Waals surface area contributed by atoms with Gasteiger partial charge in [0.1, 0.15) is 0 Å². The topological polar surface area (TPSA) is 49.0 Å². The van der Waals surface area contributed by atoms with E-state index in [9.17, 15) is 4.79 Å². The van der Waals surface area contributed by atoms with E-state index in [0.29, 0.717) is 18.2 Å². The summed E-state index contributed by atoms with van der Waals surface area (Å²) in [7, 11) is 1.98. The van der Waals surface area contributed by atoms with Crippen LogP contribution in [0.3, 0.4) is 0 Å². The van der Waals surface area contributed by atoms with Crippen LogP contribution in [-0.4, -0.2) is 28.2 Å². The minimum atomic E-state index is -0.120. The van der Waals surface area contributed by atoms with Gasteiger partial charge in [-0.1, -0.05) is 41.6 Å². The molecule has 1 N–H and O–H groups in total. The standard InChI is InChI=1S/C14H16ClN3OS/c1-18(8-10-5-3-4-6-12(10)15)9-11-7-13(19)17-14(16-11)20-2/h3-7H,8-9H2,1-2H3,(H,16,17,19). The molecule has 0 aliphatic carbocycles. The van der Waals surface area contributed by atoms with E-state index in [-0.39, 0.29) is 5.56 Å². The Balaban J connectivity index is 2.08. The van der Waals surface area contributed by atoms with Crippen molar-refractivity contribution < 1.29 is 0 Å². The van der Waals surface area contributed by atoms with E-state index in [2.05, 4.69) is 14.9 Å². The molecule has 6 heteroatoms. The lowest BCUT2D eigenvalue weighted by atomic mass is 10.2. The van der Waals surface area contributed by atoms with Gasteiger partial charge in [0.05, 0.1) is 5.69 Å². The molecule has 0 spiro atoms. The first kappa shape index (κ1) is 15.1. The summed E-state index contributed by atoms with van der Waals surface area (Å²) in [5.41, 5.74) is 1.70. The molecule has 0 aliphatic rings. The van der Waals surface area contributed by atoms with Crippen molar-refractivity contribution in [3.8, 4) is 0 Å². The van der Waals surface area contributed by atoms with Crippen LogP contribution in [0.4, 0.5) is 0 Å². The van der Waals surface area contributed by atoms with Gasteiger partial charge in [0.25, 0.3) is 5.56 Å². The summed E-state index contributed by atoms with van der Waals surface area (Å²) in [6, 6.07) is 9.28. The zero-order valence-corrected chi connectivity index (χ0v) is 13.0. The summed E-state index contributed by atoms with van der Waals surface area (Å²) in [6.45, 7) is 1.31. The molecule has 1 heterocycles. The molecule has 0 aliphatic heterocycles. The molecule has 0 atom stereocenters. The van der Waals surface area contributed by atoms with Crippen LogP contribution in [0.25, 0.3) is 0 Å². The molecule has 106 valence electrons. The molecule has 4 nitrogen and oxygen atoms in total. The molecular formula is C14H16ClN3OS. The third kappa shape index (κ3) is 4.10. The number of rotatable bonds is 5. The number of hydrogen-bond donors (Lipinski definition) is 1. The number of aromatic amines is 1. The summed E-state index contributed by atoms with van der Waals surface area (Å²) < 4.78 is 0. The second kappa shape index (κ2) is 6.92. The van der Waals surface area contributed by atoms with Gasteiger partial charge >= 0.3 is 0 Å². The smallest absolute Gasteiger partial charge is 0.251 e. The normalized spacial score (nSPS) is 11.0. The van der Waals surface area contributed by atoms with Crippen LogP contribution in [0.15, 0.2) is 40.3 Å². The predicted octanol–water partition coefficient (Wildman–Crippen LogP) is 2.78. The lowest BCUT2D eigenvalue weighted by molar-refractivity contribution is 0.314. The Morgan fingerprint density at radius 3 is 2.80 bits per heavy atom. The monoisotopic (exact) mass is 309 g/mol. The molecule has 0 radical (unpaired) electrons. The largest absolute Gasteiger partial charge is 0.301 e. The zero-order chi connectivity index (χ0) is 14.5. The van der Waals surface area contributed by atoms with Crippen molar-refractivity contribution >= 4 is 23.4 Å². The van der Waals surface area contributed by atoms with Gasteiger partial charge in [-0.3, -0.25) is 9.69 Å². The van der Waals surface area contributed by atoms with E-state index in [1.54, 1.807) is 0 Å². The van der Waals surface area contributed by atoms with Gasteiger partial charge in [0.2, 0.25) is 0 Å². The van der Waals surface area contributed by atoms with Crippen LogP contribution in [0.5, 0.6) is 0 Å². The first-order valence-electron chi connectivity index (χ1n) is 6.14. The second-order valence-electron chi connectivity index (χ2n) is 4.51. The molecule has 0 fully saturated rings. The first-order valence-corrected chi connectivity index (χ1v) is 7.75. The lowest BCUT2D eigenvalue weighted by Gasteiger charge is -2.17. The van der Waals surface area contributed by atoms with E-state index < -0.39 is 0 Å². The van der Waals surface area contributed by atoms with Crippen LogP contribution >= 0.6 is 23.4 Å². The van der Waals surface area contributed by atoms with Crippen molar-refractivity contribution in [2.24, 2.45) is 0 Å². The van der Waals surface area contributed by atoms with Gasteiger partial charge in [0, 0.05) is 24.2 Å². The van der Waals surface area contributed by atoms with Gasteiger partial charge in [-0.25, -0.2) is 4.98 Å². The van der Waals surface area contributed by atoms with E-state index in [0.717, 1.165) is 16.3 Å². The first-order chi connectivity index (χ1) is 9.58. The zero-order valence-electron chi connectivity index (χ0n) is 11.4. The Kier molecular flexibility index (Phi) is 5.23. The van der Waals surface area contributed by atoms with Gasteiger partial charge in [-0.2, -0.15) is 0 Å². The summed E-state index contributed by atoms with van der Waals surface area (Å²) in [6.07, 6.45) is 1.88. The molecule has 20 heavy (non-hydrogen) atoms. The molecule has 0 saturated heterocycles. The maximum absolute atomic E-state index is 11.5. The SMILES string of the molecule is CSc1nc(CN(C)Cc2ccccc2Cl)cc(=O)[nH]1. The molecule has 0 bridgehead atoms. The van der Waals surface area contributed by atoms with E-state index >= 15 is 0 Å². The number of thioether (sulfide) groups is 1. The maximum atomic E-state index is 11.5. The fourth-order valence-corrected chi connectivity index (χ4v) is 2.52. The van der Waals surface area contributed by atoms with Crippen molar-refractivity contribution in [1.29, 1.82) is 0 Å². The summed E-state index contributed by atoms with van der Waals surface area (Å²) in [5.74, 6) is 0. The number of nitrogens with zero attached hydrogens (tertiary/aromatic N) is 2. The fraction of sp³-hybridized carbons (Fsp3) is 0.286. The van der Waals surface area contributed by atoms with Gasteiger partial charge in [0.15, 0.2) is 5.16 Å². The third-order valence-electron chi connectivity index (χ3n) is 2.80. The van der Waals surface area contributed by atoms with Crippen molar-refractivity contribution in [3.05, 3.63) is 57.0 Å². The molecule has 0 amide bonds. The van der Waals surface area contributed by atoms with Crippen LogP contribution in [0.2, 0.25) is 5.02 Å². The average molecular weight is 310 g/mol. The van der Waals surface area contributed by atoms with Crippen molar-refractivity contribution in [2.75, 3.05) is 13.3 Å². The van der Waals surface area contributed by atoms with Crippen LogP contribution in [0, 0.1) is 0 Å². The van der Waals surface area contributed by atoms with Crippen molar-refractivity contribution in [1.82, 2.24) is 14.9 Å². The number of benzene rings is 1. The quantitative estimate of drug-likeness (QED) is 0.681. The molecule has 1 aromatic heterocycles. The summed E-state index contributed by atoms with van der Waals surface area (Å²) >= 11 is 7.57. The predicted molar refractivity (Wildman–Crippen MR) is 83.3 cm³/mol. The van der Waals surface area contributed by atoms with Crippen LogP contribution < -0.4 is 5.56 Å². The number of aromatic nitrogens is 2. The molecular weight excluding hydrogens is 294 g/mol. The second-order valence-corrected chi connectivity index (χ2v) is 5.71. The highest BCUT2D eigenvalue weighted by atomic mass is 35.5. The Labute approximate surface area is 127 Å². The van der Waals surface area contributed by atoms with E-state index in [4.69, 9.17) is 11.6 Å². The Morgan fingerprint density at radius 1 is 1.35 bits per heavy atom. The van der Waals surface area contributed by atoms with Crippen molar-refractivity contribution in [2.45, 2.75) is 18.2 Å². The number of nitrogens with one attached hydrogen (secondary N) is 1. The Bertz CT molecular complexity index is 644. The highest BCUT2D eigenvalue weighted by Crippen LogP contribution is 2.17. The average Bonchev–Trinajstić information content (AvgIpc) is 2.40. The van der Waals surface area contributed by atoms with Gasteiger partial charge in [-0.15, -0.1) is 0 Å². The lowest BCUT2D eigenvalue weighted by Crippen LogP contribution is -2.20. The highest BCUT2D eigenvalue weighted by molar-refractivity contribution is 7.98. The Hall–Kier alpha value is -1.30. The third-order valence-corrected chi connectivity index (χ3v) is 3.75. The molecule has 0 saturated carbocycles. The fourth-order valence-electron chi connectivity index (χ4n) is 1.91. The number of hydrogen-bond acceptors (Lipinski definition) is 4. The van der Waals surface area contributed by atoms with Crippen LogP contribution in [-0.2, 0) is 13.1 Å². The van der Waals surface area contributed by atoms with Gasteiger partial charge < -0.3 is 4.98 Å². The van der Waals surface area contributed by atoms with E-state index in [1.165, 1.54) is 17.8 Å². The Morgan fingerprint density at radius 2 is 2.10 bits per heavy atom. The van der Waals surface area contributed by atoms with Crippen LogP contribution in [0.1, 0.15) is 11.3 Å². The molecule has 2 rings (SSSR count). The highest BCUT2D eigenvalue weighted by Gasteiger charge is 2.07. The minimum Gasteiger partial charge on any atom is -0.301 e. The summed E-state index contributed by atoms with van der Waals surface area (Å²) in [4.78, 5) is 20.7. The number of H-pyrrole nitrogens is 1. The van der Waals surface area contributed by atoms with Crippen molar-refractivity contribution in [3.63, 3.8) is 0 Å². The molecule has 1 aromatic carbocycles. The van der Waals surface area contributed by atoms with Gasteiger partial charge in [-0.05, 0) is 24.9 Å².